The summed E-state index contributed by atoms with van der Waals surface area (Å²) in [5, 5.41) is 4.61. The summed E-state index contributed by atoms with van der Waals surface area (Å²) in [4.78, 5) is 2.57. The van der Waals surface area contributed by atoms with Gasteiger partial charge in [-0.2, -0.15) is 5.10 Å². The molecule has 2 N–H and O–H groups in total. The molecule has 0 atom stereocenters. The van der Waals surface area contributed by atoms with Crippen molar-refractivity contribution < 1.29 is 0 Å². The summed E-state index contributed by atoms with van der Waals surface area (Å²) in [6.45, 7) is 8.52. The van der Waals surface area contributed by atoms with Gasteiger partial charge in [0.25, 0.3) is 0 Å². The lowest BCUT2D eigenvalue weighted by Gasteiger charge is -2.26. The maximum absolute atomic E-state index is 5.77. The number of rotatable bonds is 7. The standard InChI is InChI=1S/C15H28N4/c1-11(2)8-10-19(13-5-6-13)15-14(7-9-16)12(3)17-18(15)4/h11,13H,5-10,16H2,1-4H3. The van der Waals surface area contributed by atoms with E-state index in [1.807, 2.05) is 0 Å². The molecule has 0 aliphatic heterocycles. The molecule has 0 spiro atoms. The van der Waals surface area contributed by atoms with Gasteiger partial charge in [0.1, 0.15) is 5.82 Å². The van der Waals surface area contributed by atoms with Crippen molar-refractivity contribution in [2.45, 2.75) is 52.5 Å². The average Bonchev–Trinajstić information content (AvgIpc) is 3.11. The van der Waals surface area contributed by atoms with Crippen molar-refractivity contribution in [1.29, 1.82) is 0 Å². The van der Waals surface area contributed by atoms with E-state index >= 15 is 0 Å². The first-order chi connectivity index (χ1) is 9.04. The number of hydrogen-bond donors (Lipinski definition) is 1. The first-order valence-corrected chi connectivity index (χ1v) is 7.53. The first kappa shape index (κ1) is 14.4. The van der Waals surface area contributed by atoms with Crippen LogP contribution in [-0.2, 0) is 13.5 Å². The van der Waals surface area contributed by atoms with E-state index in [0.29, 0.717) is 6.54 Å². The smallest absolute Gasteiger partial charge is 0.130 e. The van der Waals surface area contributed by atoms with E-state index in [-0.39, 0.29) is 0 Å². The van der Waals surface area contributed by atoms with Crippen molar-refractivity contribution in [3.05, 3.63) is 11.3 Å². The Morgan fingerprint density at radius 1 is 1.42 bits per heavy atom. The Labute approximate surface area is 117 Å². The van der Waals surface area contributed by atoms with E-state index < -0.39 is 0 Å². The SMILES string of the molecule is Cc1nn(C)c(N(CCC(C)C)C2CC2)c1CCN. The average molecular weight is 264 g/mol. The molecular weight excluding hydrogens is 236 g/mol. The van der Waals surface area contributed by atoms with Gasteiger partial charge in [-0.1, -0.05) is 13.8 Å². The summed E-state index contributed by atoms with van der Waals surface area (Å²) in [5.74, 6) is 2.06. The van der Waals surface area contributed by atoms with Gasteiger partial charge >= 0.3 is 0 Å². The van der Waals surface area contributed by atoms with Gasteiger partial charge in [0.15, 0.2) is 0 Å². The van der Waals surface area contributed by atoms with Crippen molar-refractivity contribution in [2.75, 3.05) is 18.0 Å². The highest BCUT2D eigenvalue weighted by molar-refractivity contribution is 5.52. The van der Waals surface area contributed by atoms with E-state index in [2.05, 4.69) is 42.5 Å². The maximum Gasteiger partial charge on any atom is 0.130 e. The molecule has 108 valence electrons. The van der Waals surface area contributed by atoms with Gasteiger partial charge in [0.2, 0.25) is 0 Å². The monoisotopic (exact) mass is 264 g/mol. The zero-order chi connectivity index (χ0) is 14.0. The molecule has 1 fully saturated rings. The lowest BCUT2D eigenvalue weighted by Crippen LogP contribution is -2.30. The quantitative estimate of drug-likeness (QED) is 0.821. The van der Waals surface area contributed by atoms with Crippen LogP contribution in [0.3, 0.4) is 0 Å². The van der Waals surface area contributed by atoms with Crippen molar-refractivity contribution in [3.8, 4) is 0 Å². The van der Waals surface area contributed by atoms with Crippen LogP contribution in [0, 0.1) is 12.8 Å². The van der Waals surface area contributed by atoms with E-state index in [1.54, 1.807) is 0 Å². The molecule has 0 aromatic carbocycles. The summed E-state index contributed by atoms with van der Waals surface area (Å²) in [5.41, 5.74) is 8.25. The maximum atomic E-state index is 5.77. The fraction of sp³-hybridized carbons (Fsp3) is 0.800. The van der Waals surface area contributed by atoms with Crippen LogP contribution in [0.1, 0.15) is 44.4 Å². The number of anilines is 1. The molecule has 1 aliphatic carbocycles. The molecule has 2 rings (SSSR count). The molecule has 0 unspecified atom stereocenters. The van der Waals surface area contributed by atoms with Crippen molar-refractivity contribution in [2.24, 2.45) is 18.7 Å². The Balaban J connectivity index is 2.24. The van der Waals surface area contributed by atoms with Crippen LogP contribution >= 0.6 is 0 Å². The third kappa shape index (κ3) is 3.30. The van der Waals surface area contributed by atoms with E-state index in [1.165, 1.54) is 30.6 Å². The summed E-state index contributed by atoms with van der Waals surface area (Å²) in [7, 11) is 2.06. The first-order valence-electron chi connectivity index (χ1n) is 7.53. The minimum absolute atomic E-state index is 0.697. The van der Waals surface area contributed by atoms with Crippen LogP contribution in [-0.4, -0.2) is 28.9 Å². The molecule has 4 heteroatoms. The van der Waals surface area contributed by atoms with Gasteiger partial charge in [-0.3, -0.25) is 4.68 Å². The fourth-order valence-electron chi connectivity index (χ4n) is 2.73. The molecule has 1 saturated carbocycles. The van der Waals surface area contributed by atoms with Crippen LogP contribution in [0.25, 0.3) is 0 Å². The Morgan fingerprint density at radius 2 is 2.11 bits per heavy atom. The summed E-state index contributed by atoms with van der Waals surface area (Å²) >= 11 is 0. The highest BCUT2D eigenvalue weighted by Gasteiger charge is 2.32. The molecule has 0 bridgehead atoms. The van der Waals surface area contributed by atoms with Crippen LogP contribution in [0.4, 0.5) is 5.82 Å². The van der Waals surface area contributed by atoms with Gasteiger partial charge in [0, 0.05) is 25.2 Å². The number of nitrogens with two attached hydrogens (primary N) is 1. The third-order valence-corrected chi connectivity index (χ3v) is 3.91. The second-order valence-electron chi connectivity index (χ2n) is 6.16. The van der Waals surface area contributed by atoms with Crippen LogP contribution in [0.2, 0.25) is 0 Å². The largest absolute Gasteiger partial charge is 0.354 e. The molecule has 4 nitrogen and oxygen atoms in total. The van der Waals surface area contributed by atoms with Crippen LogP contribution in [0.5, 0.6) is 0 Å². The van der Waals surface area contributed by atoms with Crippen LogP contribution < -0.4 is 10.6 Å². The summed E-state index contributed by atoms with van der Waals surface area (Å²) < 4.78 is 2.05. The molecule has 1 aromatic rings. The Bertz CT molecular complexity index is 418. The van der Waals surface area contributed by atoms with Crippen LogP contribution in [0.15, 0.2) is 0 Å². The predicted octanol–water partition coefficient (Wildman–Crippen LogP) is 2.24. The fourth-order valence-corrected chi connectivity index (χ4v) is 2.73. The Hall–Kier alpha value is -1.03. The highest BCUT2D eigenvalue weighted by atomic mass is 15.4. The Morgan fingerprint density at radius 3 is 2.63 bits per heavy atom. The highest BCUT2D eigenvalue weighted by Crippen LogP contribution is 2.35. The molecule has 1 aromatic heterocycles. The van der Waals surface area contributed by atoms with Gasteiger partial charge < -0.3 is 10.6 Å². The Kier molecular flexibility index (Phi) is 4.50. The normalized spacial score (nSPS) is 15.3. The third-order valence-electron chi connectivity index (χ3n) is 3.91. The second kappa shape index (κ2) is 5.95. The second-order valence-corrected chi connectivity index (χ2v) is 6.16. The topological polar surface area (TPSA) is 47.1 Å². The molecule has 0 saturated heterocycles. The van der Waals surface area contributed by atoms with Crippen molar-refractivity contribution in [3.63, 3.8) is 0 Å². The minimum Gasteiger partial charge on any atom is -0.354 e. The van der Waals surface area contributed by atoms with Crippen molar-refractivity contribution >= 4 is 5.82 Å². The lowest BCUT2D eigenvalue weighted by molar-refractivity contribution is 0.560. The van der Waals surface area contributed by atoms with Gasteiger partial charge in [-0.05, 0) is 45.1 Å². The number of nitrogens with zero attached hydrogens (tertiary/aromatic N) is 3. The lowest BCUT2D eigenvalue weighted by atomic mass is 10.1. The van der Waals surface area contributed by atoms with E-state index in [0.717, 1.165) is 30.6 Å². The number of hydrogen-bond acceptors (Lipinski definition) is 3. The number of aromatic nitrogens is 2. The minimum atomic E-state index is 0.697. The summed E-state index contributed by atoms with van der Waals surface area (Å²) in [6.07, 6.45) is 4.82. The van der Waals surface area contributed by atoms with Gasteiger partial charge in [-0.15, -0.1) is 0 Å². The molecule has 19 heavy (non-hydrogen) atoms. The molecular formula is C15H28N4. The van der Waals surface area contributed by atoms with Gasteiger partial charge in [0.05, 0.1) is 5.69 Å². The zero-order valence-electron chi connectivity index (χ0n) is 12.8. The number of aryl methyl sites for hydroxylation is 2. The van der Waals surface area contributed by atoms with Gasteiger partial charge in [-0.25, -0.2) is 0 Å². The van der Waals surface area contributed by atoms with E-state index in [4.69, 9.17) is 5.73 Å². The molecule has 1 heterocycles. The predicted molar refractivity (Wildman–Crippen MR) is 80.5 cm³/mol. The van der Waals surface area contributed by atoms with Crippen molar-refractivity contribution in [1.82, 2.24) is 9.78 Å². The molecule has 1 aliphatic rings. The van der Waals surface area contributed by atoms with E-state index in [9.17, 15) is 0 Å². The molecule has 0 amide bonds. The summed E-state index contributed by atoms with van der Waals surface area (Å²) in [6, 6.07) is 0.727. The zero-order valence-corrected chi connectivity index (χ0v) is 12.8. The molecule has 0 radical (unpaired) electrons.